The highest BCUT2D eigenvalue weighted by Gasteiger charge is 2.48. The van der Waals surface area contributed by atoms with Crippen molar-refractivity contribution in [3.63, 3.8) is 0 Å². The van der Waals surface area contributed by atoms with Crippen LogP contribution >= 0.6 is 11.3 Å². The summed E-state index contributed by atoms with van der Waals surface area (Å²) in [5.74, 6) is 1.38. The average Bonchev–Trinajstić information content (AvgIpc) is 3.39. The molecule has 3 saturated heterocycles. The maximum Gasteiger partial charge on any atom is 0.415 e. The van der Waals surface area contributed by atoms with Gasteiger partial charge in [-0.1, -0.05) is 48.5 Å². The minimum atomic E-state index is -0.237. The molecule has 0 aliphatic carbocycles. The third-order valence-corrected chi connectivity index (χ3v) is 7.94. The Morgan fingerprint density at radius 2 is 1.70 bits per heavy atom. The highest BCUT2D eigenvalue weighted by molar-refractivity contribution is 7.14. The van der Waals surface area contributed by atoms with E-state index in [-0.39, 0.29) is 12.2 Å². The fourth-order valence-corrected chi connectivity index (χ4v) is 5.88. The zero-order valence-electron chi connectivity index (χ0n) is 18.8. The van der Waals surface area contributed by atoms with Crippen molar-refractivity contribution >= 4 is 22.4 Å². The predicted molar refractivity (Wildman–Crippen MR) is 132 cm³/mol. The Labute approximate surface area is 199 Å². The molecule has 4 heterocycles. The summed E-state index contributed by atoms with van der Waals surface area (Å²) in [7, 11) is 0. The smallest absolute Gasteiger partial charge is 0.415 e. The van der Waals surface area contributed by atoms with E-state index in [1.54, 1.807) is 16.2 Å². The fourth-order valence-electron chi connectivity index (χ4n) is 5.16. The van der Waals surface area contributed by atoms with Crippen molar-refractivity contribution in [3.05, 3.63) is 83.7 Å². The number of fused-ring (bicyclic) bond motifs is 3. The molecule has 1 aromatic heterocycles. The van der Waals surface area contributed by atoms with E-state index in [1.165, 1.54) is 0 Å². The SMILES string of the molecule is O=C(O[C@H]1C[N+]2(CCOc3ccccc3)CCC1CC2)N(Cc1ccccc1)c1cccs1. The van der Waals surface area contributed by atoms with E-state index in [1.807, 2.05) is 66.0 Å². The molecule has 33 heavy (non-hydrogen) atoms. The van der Waals surface area contributed by atoms with Gasteiger partial charge in [-0.2, -0.15) is 0 Å². The Balaban J connectivity index is 1.23. The number of anilines is 1. The van der Waals surface area contributed by atoms with Crippen LogP contribution in [0.3, 0.4) is 0 Å². The van der Waals surface area contributed by atoms with E-state index in [0.717, 1.165) is 59.8 Å². The van der Waals surface area contributed by atoms with Gasteiger partial charge in [0.25, 0.3) is 0 Å². The molecule has 0 unspecified atom stereocenters. The number of quaternary nitrogens is 1. The summed E-state index contributed by atoms with van der Waals surface area (Å²) in [5, 5.41) is 2.92. The van der Waals surface area contributed by atoms with Gasteiger partial charge in [-0.25, -0.2) is 4.79 Å². The summed E-state index contributed by atoms with van der Waals surface area (Å²) in [6.45, 7) is 5.34. The molecule has 3 aliphatic heterocycles. The molecule has 3 aromatic rings. The van der Waals surface area contributed by atoms with E-state index < -0.39 is 0 Å². The Bertz CT molecular complexity index is 1020. The second kappa shape index (κ2) is 9.98. The van der Waals surface area contributed by atoms with Crippen molar-refractivity contribution in [1.29, 1.82) is 0 Å². The van der Waals surface area contributed by atoms with Crippen molar-refractivity contribution in [3.8, 4) is 5.75 Å². The molecule has 172 valence electrons. The molecule has 1 atom stereocenters. The third kappa shape index (κ3) is 5.23. The first-order valence-corrected chi connectivity index (χ1v) is 12.7. The average molecular weight is 464 g/mol. The van der Waals surface area contributed by atoms with Gasteiger partial charge in [-0.15, -0.1) is 11.3 Å². The number of para-hydroxylation sites is 1. The summed E-state index contributed by atoms with van der Waals surface area (Å²) in [5.41, 5.74) is 1.10. The monoisotopic (exact) mass is 463 g/mol. The Hall–Kier alpha value is -2.83. The summed E-state index contributed by atoms with van der Waals surface area (Å²) in [6, 6.07) is 24.1. The Morgan fingerprint density at radius 1 is 0.970 bits per heavy atom. The van der Waals surface area contributed by atoms with Gasteiger partial charge < -0.3 is 14.0 Å². The van der Waals surface area contributed by atoms with Gasteiger partial charge in [-0.05, 0) is 35.2 Å². The number of nitrogens with zero attached hydrogens (tertiary/aromatic N) is 2. The molecule has 2 aromatic carbocycles. The number of hydrogen-bond acceptors (Lipinski definition) is 4. The molecule has 6 heteroatoms. The summed E-state index contributed by atoms with van der Waals surface area (Å²) < 4.78 is 13.2. The van der Waals surface area contributed by atoms with Crippen molar-refractivity contribution in [2.75, 3.05) is 37.7 Å². The highest BCUT2D eigenvalue weighted by atomic mass is 32.1. The number of hydrogen-bond donors (Lipinski definition) is 0. The van der Waals surface area contributed by atoms with Crippen LogP contribution in [0, 0.1) is 5.92 Å². The number of rotatable bonds is 8. The molecule has 6 rings (SSSR count). The van der Waals surface area contributed by atoms with E-state index in [2.05, 4.69) is 12.1 Å². The van der Waals surface area contributed by atoms with Crippen LogP contribution in [0.4, 0.5) is 9.80 Å². The van der Waals surface area contributed by atoms with E-state index in [9.17, 15) is 4.79 Å². The maximum absolute atomic E-state index is 13.4. The first kappa shape index (κ1) is 22.0. The summed E-state index contributed by atoms with van der Waals surface area (Å²) in [6.07, 6.45) is 1.95. The number of piperidine rings is 3. The standard InChI is InChI=1S/C27H31N2O3S/c30-27(28(26-12-7-19-33-26)20-22-8-3-1-4-9-22)32-25-21-29(15-13-23(25)14-16-29)17-18-31-24-10-5-2-6-11-24/h1-12,19,23,25H,13-18,20-21H2/q+1/t23?,25-,29?/m0/s1. The quantitative estimate of drug-likeness (QED) is 0.410. The zero-order chi connectivity index (χ0) is 22.5. The number of thiophene rings is 1. The topological polar surface area (TPSA) is 38.8 Å². The number of carbonyl (C=O) groups is 1. The summed E-state index contributed by atoms with van der Waals surface area (Å²) in [4.78, 5) is 15.2. The van der Waals surface area contributed by atoms with Crippen molar-refractivity contribution in [1.82, 2.24) is 0 Å². The van der Waals surface area contributed by atoms with E-state index >= 15 is 0 Å². The van der Waals surface area contributed by atoms with Crippen LogP contribution < -0.4 is 9.64 Å². The molecule has 0 spiro atoms. The molecule has 1 amide bonds. The van der Waals surface area contributed by atoms with Gasteiger partial charge in [0, 0.05) is 18.8 Å². The van der Waals surface area contributed by atoms with Crippen LogP contribution in [-0.2, 0) is 11.3 Å². The second-order valence-corrected chi connectivity index (χ2v) is 10.1. The fraction of sp³-hybridized carbons (Fsp3) is 0.370. The first-order valence-electron chi connectivity index (χ1n) is 11.8. The first-order chi connectivity index (χ1) is 16.2. The molecule has 0 N–H and O–H groups in total. The van der Waals surface area contributed by atoms with Crippen LogP contribution in [0.25, 0.3) is 0 Å². The molecule has 3 fully saturated rings. The van der Waals surface area contributed by atoms with Gasteiger partial charge >= 0.3 is 6.09 Å². The number of ether oxygens (including phenoxy) is 2. The lowest BCUT2D eigenvalue weighted by Crippen LogP contribution is -2.65. The number of benzene rings is 2. The lowest BCUT2D eigenvalue weighted by atomic mass is 9.83. The zero-order valence-corrected chi connectivity index (χ0v) is 19.7. The number of amides is 1. The largest absolute Gasteiger partial charge is 0.488 e. The summed E-state index contributed by atoms with van der Waals surface area (Å²) >= 11 is 1.57. The molecule has 0 radical (unpaired) electrons. The normalized spacial score (nSPS) is 23.8. The second-order valence-electron chi connectivity index (χ2n) is 9.14. The molecule has 3 aliphatic rings. The van der Waals surface area contributed by atoms with Crippen molar-refractivity contribution in [2.24, 2.45) is 5.92 Å². The minimum absolute atomic E-state index is 0.0324. The molecular formula is C27H31N2O3S+. The van der Waals surface area contributed by atoms with Gasteiger partial charge in [-0.3, -0.25) is 4.90 Å². The van der Waals surface area contributed by atoms with Gasteiger partial charge in [0.05, 0.1) is 19.6 Å². The van der Waals surface area contributed by atoms with Gasteiger partial charge in [0.15, 0.2) is 6.10 Å². The number of carbonyl (C=O) groups excluding carboxylic acids is 1. The molecule has 2 bridgehead atoms. The predicted octanol–water partition coefficient (Wildman–Crippen LogP) is 5.58. The lowest BCUT2D eigenvalue weighted by Gasteiger charge is -2.52. The minimum Gasteiger partial charge on any atom is -0.488 e. The molecular weight excluding hydrogens is 432 g/mol. The van der Waals surface area contributed by atoms with Crippen LogP contribution in [-0.4, -0.2) is 49.5 Å². The highest BCUT2D eigenvalue weighted by Crippen LogP contribution is 2.36. The van der Waals surface area contributed by atoms with Crippen LogP contribution in [0.15, 0.2) is 78.2 Å². The van der Waals surface area contributed by atoms with Crippen molar-refractivity contribution in [2.45, 2.75) is 25.5 Å². The molecule has 0 saturated carbocycles. The Kier molecular flexibility index (Phi) is 6.65. The van der Waals surface area contributed by atoms with Gasteiger partial charge in [0.1, 0.15) is 30.4 Å². The van der Waals surface area contributed by atoms with E-state index in [4.69, 9.17) is 9.47 Å². The lowest BCUT2D eigenvalue weighted by molar-refractivity contribution is -0.946. The van der Waals surface area contributed by atoms with Crippen LogP contribution in [0.5, 0.6) is 5.75 Å². The van der Waals surface area contributed by atoms with Crippen molar-refractivity contribution < 1.29 is 18.8 Å². The van der Waals surface area contributed by atoms with E-state index in [0.29, 0.717) is 19.1 Å². The van der Waals surface area contributed by atoms with Crippen LogP contribution in [0.1, 0.15) is 18.4 Å². The third-order valence-electron chi connectivity index (χ3n) is 7.05. The molecule has 5 nitrogen and oxygen atoms in total. The van der Waals surface area contributed by atoms with Crippen LogP contribution in [0.2, 0.25) is 0 Å². The Morgan fingerprint density at radius 3 is 2.39 bits per heavy atom. The maximum atomic E-state index is 13.4. The van der Waals surface area contributed by atoms with Gasteiger partial charge in [0.2, 0.25) is 0 Å².